The second-order valence-corrected chi connectivity index (χ2v) is 7.43. The molecule has 2 aliphatic rings. The van der Waals surface area contributed by atoms with Crippen LogP contribution in [-0.2, 0) is 22.7 Å². The van der Waals surface area contributed by atoms with Crippen LogP contribution in [0, 0.1) is 11.8 Å². The van der Waals surface area contributed by atoms with Crippen LogP contribution in [0.5, 0.6) is 0 Å². The maximum atomic E-state index is 12.3. The molecule has 6 nitrogen and oxygen atoms in total. The second-order valence-electron chi connectivity index (χ2n) is 7.43. The number of carbonyl (C=O) groups is 1. The zero-order chi connectivity index (χ0) is 17.6. The van der Waals surface area contributed by atoms with Gasteiger partial charge in [-0.1, -0.05) is 19.8 Å². The van der Waals surface area contributed by atoms with Gasteiger partial charge in [0.25, 0.3) is 0 Å². The van der Waals surface area contributed by atoms with Crippen LogP contribution in [0.25, 0.3) is 0 Å². The smallest absolute Gasteiger partial charge is 0.223 e. The van der Waals surface area contributed by atoms with Crippen molar-refractivity contribution < 1.29 is 9.53 Å². The molecule has 1 amide bonds. The molecule has 25 heavy (non-hydrogen) atoms. The van der Waals surface area contributed by atoms with Crippen molar-refractivity contribution in [2.24, 2.45) is 11.8 Å². The van der Waals surface area contributed by atoms with Gasteiger partial charge in [-0.15, -0.1) is 0 Å². The number of rotatable bonds is 8. The summed E-state index contributed by atoms with van der Waals surface area (Å²) in [5.74, 6) is 1.79. The fourth-order valence-corrected chi connectivity index (χ4v) is 3.81. The summed E-state index contributed by atoms with van der Waals surface area (Å²) in [5.41, 5.74) is 1.11. The third-order valence-corrected chi connectivity index (χ3v) is 5.42. The molecule has 0 spiro atoms. The van der Waals surface area contributed by atoms with E-state index in [0.29, 0.717) is 18.3 Å². The van der Waals surface area contributed by atoms with E-state index >= 15 is 0 Å². The van der Waals surface area contributed by atoms with Gasteiger partial charge in [-0.2, -0.15) is 0 Å². The topological polar surface area (TPSA) is 67.3 Å². The number of hydrogen-bond donors (Lipinski definition) is 1. The Morgan fingerprint density at radius 3 is 2.68 bits per heavy atom. The molecule has 1 saturated heterocycles. The van der Waals surface area contributed by atoms with E-state index < -0.39 is 0 Å². The van der Waals surface area contributed by atoms with Gasteiger partial charge in [0.15, 0.2) is 5.82 Å². The summed E-state index contributed by atoms with van der Waals surface area (Å²) in [4.78, 5) is 23.4. The predicted molar refractivity (Wildman–Crippen MR) is 95.7 cm³/mol. The van der Waals surface area contributed by atoms with Crippen molar-refractivity contribution >= 4 is 5.91 Å². The molecule has 0 aromatic carbocycles. The van der Waals surface area contributed by atoms with E-state index in [2.05, 4.69) is 27.1 Å². The van der Waals surface area contributed by atoms with Crippen molar-refractivity contribution in [1.29, 1.82) is 0 Å². The number of amides is 1. The Kier molecular flexibility index (Phi) is 6.37. The summed E-state index contributed by atoms with van der Waals surface area (Å²) < 4.78 is 5.05. The van der Waals surface area contributed by atoms with E-state index in [1.54, 1.807) is 7.11 Å². The molecule has 2 heterocycles. The minimum absolute atomic E-state index is 0.262. The van der Waals surface area contributed by atoms with Gasteiger partial charge in [0.1, 0.15) is 6.61 Å². The molecule has 3 rings (SSSR count). The number of methoxy groups -OCH3 is 1. The van der Waals surface area contributed by atoms with Gasteiger partial charge in [0.05, 0.1) is 0 Å². The third kappa shape index (κ3) is 4.76. The van der Waals surface area contributed by atoms with Gasteiger partial charge in [-0.3, -0.25) is 9.69 Å². The molecular weight excluding hydrogens is 316 g/mol. The summed E-state index contributed by atoms with van der Waals surface area (Å²) >= 11 is 0. The molecule has 138 valence electrons. The lowest BCUT2D eigenvalue weighted by molar-refractivity contribution is -0.128. The third-order valence-electron chi connectivity index (χ3n) is 5.42. The fraction of sp³-hybridized carbons (Fsp3) is 0.737. The molecule has 0 unspecified atom stereocenters. The zero-order valence-electron chi connectivity index (χ0n) is 15.4. The van der Waals surface area contributed by atoms with E-state index in [-0.39, 0.29) is 17.9 Å². The number of hydrogen-bond acceptors (Lipinski definition) is 5. The van der Waals surface area contributed by atoms with E-state index in [4.69, 9.17) is 4.74 Å². The summed E-state index contributed by atoms with van der Waals surface area (Å²) in [6, 6.07) is 0.279. The lowest BCUT2D eigenvalue weighted by atomic mass is 9.84. The molecule has 1 N–H and O–H groups in total. The molecule has 2 atom stereocenters. The monoisotopic (exact) mass is 346 g/mol. The van der Waals surface area contributed by atoms with Crippen LogP contribution in [0.1, 0.15) is 50.4 Å². The van der Waals surface area contributed by atoms with Crippen molar-refractivity contribution in [2.75, 3.05) is 20.2 Å². The van der Waals surface area contributed by atoms with Gasteiger partial charge in [0, 0.05) is 56.7 Å². The van der Waals surface area contributed by atoms with Crippen molar-refractivity contribution in [3.63, 3.8) is 0 Å². The highest BCUT2D eigenvalue weighted by molar-refractivity contribution is 5.79. The first-order valence-corrected chi connectivity index (χ1v) is 9.51. The minimum Gasteiger partial charge on any atom is -0.377 e. The number of likely N-dealkylation sites (tertiary alicyclic amines) is 1. The summed E-state index contributed by atoms with van der Waals surface area (Å²) in [6.45, 7) is 5.45. The molecular formula is C19H30N4O2. The van der Waals surface area contributed by atoms with Crippen LogP contribution in [0.4, 0.5) is 0 Å². The van der Waals surface area contributed by atoms with Crippen molar-refractivity contribution in [3.05, 3.63) is 23.8 Å². The molecule has 0 bridgehead atoms. The molecule has 1 aromatic rings. The van der Waals surface area contributed by atoms with Gasteiger partial charge < -0.3 is 10.1 Å². The standard InChI is InChI=1S/C19H30N4O2/c1-3-5-16-11-23(10-14-8-20-18(13-25-2)21-9-14)12-17(16)22-19(24)15-6-4-7-15/h8-9,15-17H,3-7,10-13H2,1-2H3,(H,22,24)/t16-,17-/m0/s1. The number of nitrogens with zero attached hydrogens (tertiary/aromatic N) is 3. The molecule has 1 aliphatic carbocycles. The van der Waals surface area contributed by atoms with E-state index in [9.17, 15) is 4.79 Å². The van der Waals surface area contributed by atoms with Crippen LogP contribution in [0.2, 0.25) is 0 Å². The Hall–Kier alpha value is -1.53. The Morgan fingerprint density at radius 1 is 1.32 bits per heavy atom. The van der Waals surface area contributed by atoms with E-state index in [0.717, 1.165) is 50.9 Å². The first kappa shape index (κ1) is 18.3. The lowest BCUT2D eigenvalue weighted by Crippen LogP contribution is -2.45. The van der Waals surface area contributed by atoms with Crippen molar-refractivity contribution in [1.82, 2.24) is 20.2 Å². The van der Waals surface area contributed by atoms with Gasteiger partial charge in [-0.05, 0) is 25.2 Å². The van der Waals surface area contributed by atoms with Crippen molar-refractivity contribution in [2.45, 2.75) is 58.2 Å². The van der Waals surface area contributed by atoms with Crippen LogP contribution in [0.3, 0.4) is 0 Å². The van der Waals surface area contributed by atoms with E-state index in [1.807, 2.05) is 12.4 Å². The summed E-state index contributed by atoms with van der Waals surface area (Å²) in [7, 11) is 1.65. The highest BCUT2D eigenvalue weighted by Crippen LogP contribution is 2.28. The highest BCUT2D eigenvalue weighted by atomic mass is 16.5. The van der Waals surface area contributed by atoms with Gasteiger partial charge in [-0.25, -0.2) is 9.97 Å². The average molecular weight is 346 g/mol. The first-order chi connectivity index (χ1) is 12.2. The lowest BCUT2D eigenvalue weighted by Gasteiger charge is -2.27. The number of ether oxygens (including phenoxy) is 1. The predicted octanol–water partition coefficient (Wildman–Crippen LogP) is 2.14. The second kappa shape index (κ2) is 8.72. The Morgan fingerprint density at radius 2 is 2.08 bits per heavy atom. The van der Waals surface area contributed by atoms with Crippen LogP contribution in [-0.4, -0.2) is 47.0 Å². The molecule has 1 aliphatic heterocycles. The number of carbonyl (C=O) groups excluding carboxylic acids is 1. The Labute approximate surface area is 150 Å². The van der Waals surface area contributed by atoms with Gasteiger partial charge in [0.2, 0.25) is 5.91 Å². The van der Waals surface area contributed by atoms with E-state index in [1.165, 1.54) is 6.42 Å². The van der Waals surface area contributed by atoms with Crippen LogP contribution in [0.15, 0.2) is 12.4 Å². The molecule has 1 aromatic heterocycles. The summed E-state index contributed by atoms with van der Waals surface area (Å²) in [5, 5.41) is 3.33. The molecule has 2 fully saturated rings. The molecule has 6 heteroatoms. The highest BCUT2D eigenvalue weighted by Gasteiger charge is 2.35. The quantitative estimate of drug-likeness (QED) is 0.781. The molecule has 0 radical (unpaired) electrons. The maximum absolute atomic E-state index is 12.3. The largest absolute Gasteiger partial charge is 0.377 e. The number of nitrogens with one attached hydrogen (secondary N) is 1. The van der Waals surface area contributed by atoms with Crippen LogP contribution >= 0.6 is 0 Å². The fourth-order valence-electron chi connectivity index (χ4n) is 3.81. The zero-order valence-corrected chi connectivity index (χ0v) is 15.4. The average Bonchev–Trinajstić information content (AvgIpc) is 2.89. The van der Waals surface area contributed by atoms with Crippen LogP contribution < -0.4 is 5.32 Å². The Balaban J connectivity index is 1.55. The number of aromatic nitrogens is 2. The Bertz CT molecular complexity index is 559. The van der Waals surface area contributed by atoms with Crippen molar-refractivity contribution in [3.8, 4) is 0 Å². The normalized spacial score (nSPS) is 24.2. The summed E-state index contributed by atoms with van der Waals surface area (Å²) in [6.07, 6.45) is 9.41. The SMILES string of the molecule is CCC[C@H]1CN(Cc2cnc(COC)nc2)C[C@@H]1NC(=O)C1CCC1. The first-order valence-electron chi connectivity index (χ1n) is 9.51. The minimum atomic E-state index is 0.262. The maximum Gasteiger partial charge on any atom is 0.223 e. The molecule has 1 saturated carbocycles. The van der Waals surface area contributed by atoms with Gasteiger partial charge >= 0.3 is 0 Å².